The molecular weight excluding hydrogens is 247 g/mol. The molecule has 1 aliphatic rings. The maximum atomic E-state index is 12.0. The van der Waals surface area contributed by atoms with E-state index >= 15 is 0 Å². The van der Waals surface area contributed by atoms with Crippen LogP contribution < -0.4 is 10.6 Å². The summed E-state index contributed by atoms with van der Waals surface area (Å²) in [5.41, 5.74) is 0. The lowest BCUT2D eigenvalue weighted by Crippen LogP contribution is -2.53. The molecule has 2 N–H and O–H groups in total. The van der Waals surface area contributed by atoms with Crippen LogP contribution in [0.1, 0.15) is 19.8 Å². The number of hydrogen-bond acceptors (Lipinski definition) is 3. The van der Waals surface area contributed by atoms with Crippen LogP contribution in [0.15, 0.2) is 0 Å². The third kappa shape index (κ3) is 4.81. The zero-order valence-electron chi connectivity index (χ0n) is 10.7. The second-order valence-electron chi connectivity index (χ2n) is 4.63. The molecule has 1 rings (SSSR count). The Hall–Kier alpha value is -0.820. The van der Waals surface area contributed by atoms with E-state index in [2.05, 4.69) is 5.32 Å². The summed E-state index contributed by atoms with van der Waals surface area (Å²) in [6.45, 7) is 1.82. The van der Waals surface area contributed by atoms with E-state index in [9.17, 15) is 18.0 Å². The van der Waals surface area contributed by atoms with Gasteiger partial charge in [-0.05, 0) is 33.4 Å². The molecule has 2 unspecified atom stereocenters. The topological polar surface area (TPSA) is 44.4 Å². The molecule has 0 aliphatic carbocycles. The maximum absolute atomic E-state index is 12.0. The molecule has 0 aromatic carbocycles. The van der Waals surface area contributed by atoms with Crippen LogP contribution in [0.3, 0.4) is 0 Å². The first kappa shape index (κ1) is 15.2. The van der Waals surface area contributed by atoms with Gasteiger partial charge in [0.15, 0.2) is 0 Å². The number of likely N-dealkylation sites (N-methyl/N-ethyl adjacent to an activating group) is 1. The van der Waals surface area contributed by atoms with Gasteiger partial charge >= 0.3 is 6.18 Å². The molecule has 0 saturated carbocycles. The highest BCUT2D eigenvalue weighted by Gasteiger charge is 2.31. The van der Waals surface area contributed by atoms with Gasteiger partial charge < -0.3 is 10.6 Å². The molecule has 106 valence electrons. The number of halogens is 3. The van der Waals surface area contributed by atoms with Crippen LogP contribution in [0.25, 0.3) is 0 Å². The van der Waals surface area contributed by atoms with Crippen molar-refractivity contribution in [3.8, 4) is 0 Å². The lowest BCUT2D eigenvalue weighted by molar-refractivity contribution is -0.141. The molecule has 18 heavy (non-hydrogen) atoms. The molecular formula is C11H20F3N3O. The van der Waals surface area contributed by atoms with Gasteiger partial charge in [0.2, 0.25) is 5.91 Å². The van der Waals surface area contributed by atoms with Crippen LogP contribution >= 0.6 is 0 Å². The van der Waals surface area contributed by atoms with E-state index in [1.165, 1.54) is 0 Å². The van der Waals surface area contributed by atoms with Gasteiger partial charge in [-0.25, -0.2) is 0 Å². The highest BCUT2D eigenvalue weighted by atomic mass is 19.4. The highest BCUT2D eigenvalue weighted by molar-refractivity contribution is 5.81. The Bertz CT molecular complexity index is 283. The monoisotopic (exact) mass is 267 g/mol. The van der Waals surface area contributed by atoms with E-state index < -0.39 is 24.7 Å². The molecule has 7 heteroatoms. The van der Waals surface area contributed by atoms with E-state index in [1.54, 1.807) is 6.92 Å². The van der Waals surface area contributed by atoms with Crippen LogP contribution in [-0.4, -0.2) is 55.7 Å². The normalized spacial score (nSPS) is 23.7. The Balaban J connectivity index is 2.42. The summed E-state index contributed by atoms with van der Waals surface area (Å²) in [5, 5.41) is 5.06. The average Bonchev–Trinajstić information content (AvgIpc) is 2.34. The number of alkyl halides is 3. The van der Waals surface area contributed by atoms with Gasteiger partial charge in [0.05, 0.1) is 6.04 Å². The summed E-state index contributed by atoms with van der Waals surface area (Å²) < 4.78 is 36.0. The van der Waals surface area contributed by atoms with E-state index in [4.69, 9.17) is 0 Å². The molecule has 0 bridgehead atoms. The number of carbonyl (C=O) groups is 1. The highest BCUT2D eigenvalue weighted by Crippen LogP contribution is 2.15. The first-order valence-electron chi connectivity index (χ1n) is 6.09. The summed E-state index contributed by atoms with van der Waals surface area (Å²) in [7, 11) is 1.85. The molecule has 0 radical (unpaired) electrons. The molecule has 0 aromatic heterocycles. The Kier molecular flexibility index (Phi) is 5.40. The fourth-order valence-corrected chi connectivity index (χ4v) is 2.09. The SMILES string of the molecule is CNC1CCCN(C(C)C(=O)NCC(F)(F)F)C1. The van der Waals surface area contributed by atoms with Crippen molar-refractivity contribution in [2.75, 3.05) is 26.7 Å². The Morgan fingerprint density at radius 1 is 1.50 bits per heavy atom. The van der Waals surface area contributed by atoms with Crippen LogP contribution in [0.5, 0.6) is 0 Å². The summed E-state index contributed by atoms with van der Waals surface area (Å²) in [6.07, 6.45) is -2.38. The van der Waals surface area contributed by atoms with E-state index in [0.29, 0.717) is 12.6 Å². The van der Waals surface area contributed by atoms with Crippen molar-refractivity contribution in [2.24, 2.45) is 0 Å². The number of carbonyl (C=O) groups excluding carboxylic acids is 1. The predicted molar refractivity (Wildman–Crippen MR) is 62.2 cm³/mol. The van der Waals surface area contributed by atoms with Crippen LogP contribution in [0, 0.1) is 0 Å². The van der Waals surface area contributed by atoms with Gasteiger partial charge in [-0.1, -0.05) is 0 Å². The standard InChI is InChI=1S/C11H20F3N3O/c1-8(10(18)16-7-11(12,13)14)17-5-3-4-9(6-17)15-2/h8-9,15H,3-7H2,1-2H3,(H,16,18). The molecule has 0 aromatic rings. The number of likely N-dealkylation sites (tertiary alicyclic amines) is 1. The van der Waals surface area contributed by atoms with Gasteiger partial charge in [0.25, 0.3) is 0 Å². The van der Waals surface area contributed by atoms with Crippen molar-refractivity contribution in [1.82, 2.24) is 15.5 Å². The zero-order chi connectivity index (χ0) is 13.8. The number of nitrogens with zero attached hydrogens (tertiary/aromatic N) is 1. The Morgan fingerprint density at radius 3 is 2.72 bits per heavy atom. The summed E-state index contributed by atoms with van der Waals surface area (Å²) in [6, 6.07) is -0.222. The first-order valence-corrected chi connectivity index (χ1v) is 6.09. The summed E-state index contributed by atoms with van der Waals surface area (Å²) in [4.78, 5) is 13.5. The smallest absolute Gasteiger partial charge is 0.346 e. The molecule has 2 atom stereocenters. The Labute approximate surface area is 105 Å². The van der Waals surface area contributed by atoms with Gasteiger partial charge in [0, 0.05) is 12.6 Å². The first-order chi connectivity index (χ1) is 8.33. The van der Waals surface area contributed by atoms with Crippen LogP contribution in [0.4, 0.5) is 13.2 Å². The largest absolute Gasteiger partial charge is 0.405 e. The molecule has 0 spiro atoms. The van der Waals surface area contributed by atoms with E-state index in [0.717, 1.165) is 19.4 Å². The lowest BCUT2D eigenvalue weighted by atomic mass is 10.0. The third-order valence-electron chi connectivity index (χ3n) is 3.25. The van der Waals surface area contributed by atoms with Gasteiger partial charge in [0.1, 0.15) is 6.54 Å². The Morgan fingerprint density at radius 2 is 2.17 bits per heavy atom. The van der Waals surface area contributed by atoms with Crippen molar-refractivity contribution in [3.63, 3.8) is 0 Å². The van der Waals surface area contributed by atoms with Crippen LogP contribution in [-0.2, 0) is 4.79 Å². The van der Waals surface area contributed by atoms with E-state index in [-0.39, 0.29) is 0 Å². The summed E-state index contributed by atoms with van der Waals surface area (Å²) >= 11 is 0. The molecule has 1 amide bonds. The maximum Gasteiger partial charge on any atom is 0.405 e. The second-order valence-corrected chi connectivity index (χ2v) is 4.63. The number of piperidine rings is 1. The zero-order valence-corrected chi connectivity index (χ0v) is 10.7. The fraction of sp³-hybridized carbons (Fsp3) is 0.909. The molecule has 1 aliphatic heterocycles. The fourth-order valence-electron chi connectivity index (χ4n) is 2.09. The number of nitrogens with one attached hydrogen (secondary N) is 2. The number of rotatable bonds is 4. The van der Waals surface area contributed by atoms with Crippen molar-refractivity contribution in [3.05, 3.63) is 0 Å². The van der Waals surface area contributed by atoms with Gasteiger partial charge in [-0.15, -0.1) is 0 Å². The van der Waals surface area contributed by atoms with Gasteiger partial charge in [-0.2, -0.15) is 13.2 Å². The lowest BCUT2D eigenvalue weighted by Gasteiger charge is -2.35. The summed E-state index contributed by atoms with van der Waals surface area (Å²) in [5.74, 6) is -0.566. The second kappa shape index (κ2) is 6.38. The van der Waals surface area contributed by atoms with Crippen molar-refractivity contribution < 1.29 is 18.0 Å². The minimum absolute atomic E-state index is 0.302. The van der Waals surface area contributed by atoms with Crippen molar-refractivity contribution >= 4 is 5.91 Å². The molecule has 1 heterocycles. The quantitative estimate of drug-likeness (QED) is 0.789. The van der Waals surface area contributed by atoms with Crippen molar-refractivity contribution in [1.29, 1.82) is 0 Å². The number of amides is 1. The average molecular weight is 267 g/mol. The van der Waals surface area contributed by atoms with E-state index in [1.807, 2.05) is 17.3 Å². The van der Waals surface area contributed by atoms with Gasteiger partial charge in [-0.3, -0.25) is 9.69 Å². The minimum atomic E-state index is -4.36. The third-order valence-corrected chi connectivity index (χ3v) is 3.25. The number of hydrogen-bond donors (Lipinski definition) is 2. The minimum Gasteiger partial charge on any atom is -0.346 e. The van der Waals surface area contributed by atoms with Crippen molar-refractivity contribution in [2.45, 2.75) is 38.0 Å². The molecule has 1 fully saturated rings. The predicted octanol–water partition coefficient (Wildman–Crippen LogP) is 0.737. The molecule has 1 saturated heterocycles. The van der Waals surface area contributed by atoms with Crippen LogP contribution in [0.2, 0.25) is 0 Å². The molecule has 4 nitrogen and oxygen atoms in total.